The number of carbonyl (C=O) groups excluding carboxylic acids is 3. The Morgan fingerprint density at radius 3 is 1.09 bits per heavy atom. The molecule has 6 unspecified atom stereocenters. The van der Waals surface area contributed by atoms with E-state index < -0.39 is 67.3 Å². The third-order valence-corrected chi connectivity index (χ3v) is 13.7. The van der Waals surface area contributed by atoms with Crippen molar-refractivity contribution >= 4 is 23.9 Å². The van der Waals surface area contributed by atoms with Crippen molar-refractivity contribution < 1.29 is 58.2 Å². The van der Waals surface area contributed by atoms with Gasteiger partial charge in [0.05, 0.1) is 6.61 Å². The second kappa shape index (κ2) is 46.8. The molecule has 12 heteroatoms. The molecule has 0 amide bonds. The molecule has 0 aromatic heterocycles. The Hall–Kier alpha value is -2.28. The van der Waals surface area contributed by atoms with E-state index in [1.807, 2.05) is 0 Å². The molecule has 0 spiro atoms. The summed E-state index contributed by atoms with van der Waals surface area (Å²) in [7, 11) is 0. The lowest BCUT2D eigenvalue weighted by molar-refractivity contribution is -0.301. The van der Waals surface area contributed by atoms with E-state index in [0.29, 0.717) is 19.3 Å². The van der Waals surface area contributed by atoms with Gasteiger partial charge in [-0.05, 0) is 19.3 Å². The summed E-state index contributed by atoms with van der Waals surface area (Å²) >= 11 is 0. The highest BCUT2D eigenvalue weighted by Gasteiger charge is 2.50. The molecule has 0 bridgehead atoms. The van der Waals surface area contributed by atoms with Gasteiger partial charge in [-0.25, -0.2) is 4.79 Å². The monoisotopic (exact) mass is 983 g/mol. The van der Waals surface area contributed by atoms with Crippen LogP contribution < -0.4 is 0 Å². The Labute approximate surface area is 421 Å². The van der Waals surface area contributed by atoms with Gasteiger partial charge in [-0.3, -0.25) is 14.4 Å². The Morgan fingerprint density at radius 1 is 0.420 bits per heavy atom. The van der Waals surface area contributed by atoms with Crippen LogP contribution in [0.3, 0.4) is 0 Å². The Balaban J connectivity index is 2.61. The van der Waals surface area contributed by atoms with E-state index in [1.165, 1.54) is 167 Å². The van der Waals surface area contributed by atoms with Crippen LogP contribution in [0.5, 0.6) is 0 Å². The summed E-state index contributed by atoms with van der Waals surface area (Å²) in [6.45, 7) is 5.98. The normalized spacial score (nSPS) is 18.5. The van der Waals surface area contributed by atoms with E-state index >= 15 is 0 Å². The molecule has 406 valence electrons. The molecule has 3 N–H and O–H groups in total. The average molecular weight is 983 g/mol. The minimum absolute atomic E-state index is 0.0684. The summed E-state index contributed by atoms with van der Waals surface area (Å²) in [5.41, 5.74) is 0. The van der Waals surface area contributed by atoms with Crippen molar-refractivity contribution in [3.63, 3.8) is 0 Å². The molecule has 69 heavy (non-hydrogen) atoms. The topological polar surface area (TPSA) is 175 Å². The van der Waals surface area contributed by atoms with E-state index in [4.69, 9.17) is 23.7 Å². The van der Waals surface area contributed by atoms with Crippen molar-refractivity contribution in [2.24, 2.45) is 0 Å². The molecule has 1 aliphatic heterocycles. The largest absolute Gasteiger partial charge is 0.479 e. The lowest BCUT2D eigenvalue weighted by atomic mass is 9.98. The third-order valence-electron chi connectivity index (χ3n) is 13.7. The SMILES string of the molecule is CCCCCCCCCCCCCCCCCCCCCC(=O)OCC(COC1OC(C(=O)O)C(O)C(O)C1OC(=O)CCCCCCCCCCC)OC(=O)CCCCCCCCCCCCC. The Morgan fingerprint density at radius 2 is 0.739 bits per heavy atom. The Kier molecular flexibility index (Phi) is 43.9. The van der Waals surface area contributed by atoms with Crippen LogP contribution in [0.4, 0.5) is 0 Å². The van der Waals surface area contributed by atoms with Crippen molar-refractivity contribution in [2.75, 3.05) is 13.2 Å². The molecule has 0 saturated carbocycles. The first-order valence-electron chi connectivity index (χ1n) is 29.0. The summed E-state index contributed by atoms with van der Waals surface area (Å²) in [5.74, 6) is -3.08. The van der Waals surface area contributed by atoms with Gasteiger partial charge in [0.2, 0.25) is 0 Å². The molecule has 1 saturated heterocycles. The molecule has 0 aromatic carbocycles. The van der Waals surface area contributed by atoms with Crippen molar-refractivity contribution in [1.82, 2.24) is 0 Å². The number of hydrogen-bond donors (Lipinski definition) is 3. The number of carboxylic acid groups (broad SMARTS) is 1. The number of aliphatic hydroxyl groups excluding tert-OH is 2. The number of aliphatic hydroxyl groups is 2. The molecule has 1 aliphatic rings. The van der Waals surface area contributed by atoms with Gasteiger partial charge in [0.1, 0.15) is 18.8 Å². The first-order chi connectivity index (χ1) is 33.6. The number of aliphatic carboxylic acids is 1. The highest BCUT2D eigenvalue weighted by molar-refractivity contribution is 5.74. The van der Waals surface area contributed by atoms with E-state index in [0.717, 1.165) is 64.2 Å². The summed E-state index contributed by atoms with van der Waals surface area (Å²) in [6, 6.07) is 0. The molecule has 0 aromatic rings. The van der Waals surface area contributed by atoms with Crippen LogP contribution in [-0.2, 0) is 42.9 Å². The average Bonchev–Trinajstić information content (AvgIpc) is 3.33. The van der Waals surface area contributed by atoms with Crippen LogP contribution in [-0.4, -0.2) is 89.2 Å². The third kappa shape index (κ3) is 37.2. The fourth-order valence-electron chi connectivity index (χ4n) is 9.19. The van der Waals surface area contributed by atoms with Crippen LogP contribution in [0.25, 0.3) is 0 Å². The fourth-order valence-corrected chi connectivity index (χ4v) is 9.19. The van der Waals surface area contributed by atoms with Crippen molar-refractivity contribution in [3.05, 3.63) is 0 Å². The van der Waals surface area contributed by atoms with Crippen LogP contribution in [0.2, 0.25) is 0 Å². The summed E-state index contributed by atoms with van der Waals surface area (Å²) < 4.78 is 28.3. The van der Waals surface area contributed by atoms with Gasteiger partial charge in [0.15, 0.2) is 24.6 Å². The van der Waals surface area contributed by atoms with Crippen LogP contribution in [0.1, 0.15) is 290 Å². The molecule has 1 heterocycles. The van der Waals surface area contributed by atoms with Gasteiger partial charge < -0.3 is 39.0 Å². The van der Waals surface area contributed by atoms with E-state index in [9.17, 15) is 34.5 Å². The molecule has 0 aliphatic carbocycles. The minimum atomic E-state index is -1.89. The molecule has 0 radical (unpaired) electrons. The van der Waals surface area contributed by atoms with Gasteiger partial charge in [0.25, 0.3) is 0 Å². The quantitative estimate of drug-likeness (QED) is 0.0299. The second-order valence-corrected chi connectivity index (χ2v) is 20.3. The minimum Gasteiger partial charge on any atom is -0.479 e. The smallest absolute Gasteiger partial charge is 0.335 e. The lowest BCUT2D eigenvalue weighted by Crippen LogP contribution is -2.61. The number of carbonyl (C=O) groups is 4. The lowest BCUT2D eigenvalue weighted by Gasteiger charge is -2.40. The standard InChI is InChI=1S/C57H106O12/c1-4-7-10-13-16-19-21-22-23-24-25-26-27-28-30-32-34-37-40-43-49(58)65-46-48(67-50(59)44-41-38-36-33-29-20-17-14-11-8-5-2)47-66-57-55(53(62)52(61)54(69-57)56(63)64)68-51(60)45-42-39-35-31-18-15-12-9-6-3/h48,52-55,57,61-62H,4-47H2,1-3H3,(H,63,64). The molecule has 12 nitrogen and oxygen atoms in total. The van der Waals surface area contributed by atoms with E-state index in [1.54, 1.807) is 0 Å². The highest BCUT2D eigenvalue weighted by Crippen LogP contribution is 2.27. The molecule has 1 rings (SSSR count). The first kappa shape index (κ1) is 64.7. The number of ether oxygens (including phenoxy) is 5. The number of unbranched alkanes of at least 4 members (excludes halogenated alkanes) is 36. The molecular formula is C57H106O12. The maximum atomic E-state index is 13.1. The predicted octanol–water partition coefficient (Wildman–Crippen LogP) is 14.3. The zero-order valence-corrected chi connectivity index (χ0v) is 44.6. The Bertz CT molecular complexity index is 1210. The van der Waals surface area contributed by atoms with Gasteiger partial charge in [0, 0.05) is 19.3 Å². The maximum Gasteiger partial charge on any atom is 0.335 e. The summed E-state index contributed by atoms with van der Waals surface area (Å²) in [4.78, 5) is 50.9. The van der Waals surface area contributed by atoms with E-state index in [2.05, 4.69) is 20.8 Å². The van der Waals surface area contributed by atoms with Gasteiger partial charge in [-0.1, -0.05) is 252 Å². The maximum absolute atomic E-state index is 13.1. The van der Waals surface area contributed by atoms with Crippen molar-refractivity contribution in [2.45, 2.75) is 327 Å². The number of esters is 3. The van der Waals surface area contributed by atoms with Gasteiger partial charge in [-0.15, -0.1) is 0 Å². The highest BCUT2D eigenvalue weighted by atomic mass is 16.7. The van der Waals surface area contributed by atoms with Gasteiger partial charge in [-0.2, -0.15) is 0 Å². The molecule has 1 fully saturated rings. The van der Waals surface area contributed by atoms with Crippen molar-refractivity contribution in [3.8, 4) is 0 Å². The molecule has 6 atom stereocenters. The van der Waals surface area contributed by atoms with Crippen LogP contribution in [0.15, 0.2) is 0 Å². The predicted molar refractivity (Wildman–Crippen MR) is 276 cm³/mol. The number of rotatable bonds is 50. The number of carboxylic acids is 1. The fraction of sp³-hybridized carbons (Fsp3) is 0.930. The van der Waals surface area contributed by atoms with Crippen molar-refractivity contribution in [1.29, 1.82) is 0 Å². The van der Waals surface area contributed by atoms with Crippen LogP contribution >= 0.6 is 0 Å². The van der Waals surface area contributed by atoms with Gasteiger partial charge >= 0.3 is 23.9 Å². The number of hydrogen-bond acceptors (Lipinski definition) is 11. The first-order valence-corrected chi connectivity index (χ1v) is 29.0. The zero-order chi connectivity index (χ0) is 50.4. The summed E-state index contributed by atoms with van der Waals surface area (Å²) in [6.07, 6.45) is 36.7. The second-order valence-electron chi connectivity index (χ2n) is 20.3. The van der Waals surface area contributed by atoms with Crippen LogP contribution in [0, 0.1) is 0 Å². The van der Waals surface area contributed by atoms with E-state index in [-0.39, 0.29) is 25.9 Å². The zero-order valence-electron chi connectivity index (χ0n) is 44.6. The molecular weight excluding hydrogens is 877 g/mol. The summed E-state index contributed by atoms with van der Waals surface area (Å²) in [5, 5.41) is 31.3.